The lowest BCUT2D eigenvalue weighted by molar-refractivity contribution is -0.151. The molecular weight excluding hydrogens is 440 g/mol. The Hall–Kier alpha value is -3.54. The molecule has 178 valence electrons. The second-order valence-corrected chi connectivity index (χ2v) is 7.71. The van der Waals surface area contributed by atoms with Crippen molar-refractivity contribution >= 4 is 23.6 Å². The van der Waals surface area contributed by atoms with Gasteiger partial charge in [0.15, 0.2) is 0 Å². The molecule has 0 spiro atoms. The number of hydrogen-bond acceptors (Lipinski definition) is 9. The van der Waals surface area contributed by atoms with E-state index in [1.165, 1.54) is 11.4 Å². The monoisotopic (exact) mass is 465 g/mol. The number of nitrogens with zero attached hydrogens (tertiary/aromatic N) is 3. The maximum Gasteiger partial charge on any atom is 0.528 e. The number of carbonyl (C=O) groups is 2. The van der Waals surface area contributed by atoms with Crippen molar-refractivity contribution in [2.45, 2.75) is 45.8 Å². The summed E-state index contributed by atoms with van der Waals surface area (Å²) >= 11 is 0. The minimum absolute atomic E-state index is 0.198. The fourth-order valence-electron chi connectivity index (χ4n) is 3.16. The molecule has 1 aliphatic heterocycles. The lowest BCUT2D eigenvalue weighted by atomic mass is 10.1. The van der Waals surface area contributed by atoms with Crippen molar-refractivity contribution in [2.24, 2.45) is 5.73 Å². The molecule has 0 aliphatic carbocycles. The molecule has 2 aromatic rings. The van der Waals surface area contributed by atoms with Gasteiger partial charge in [0, 0.05) is 32.0 Å². The lowest BCUT2D eigenvalue weighted by Gasteiger charge is -2.30. The van der Waals surface area contributed by atoms with Crippen molar-refractivity contribution < 1.29 is 32.7 Å². The van der Waals surface area contributed by atoms with Crippen molar-refractivity contribution in [3.8, 4) is 5.88 Å². The maximum atomic E-state index is 14.3. The van der Waals surface area contributed by atoms with Gasteiger partial charge in [-0.2, -0.15) is 0 Å². The summed E-state index contributed by atoms with van der Waals surface area (Å²) in [5, 5.41) is 4.20. The number of hydroxylamine groups is 2. The first-order valence-electron chi connectivity index (χ1n) is 10.3. The van der Waals surface area contributed by atoms with Crippen molar-refractivity contribution in [1.29, 1.82) is 0 Å². The van der Waals surface area contributed by atoms with Crippen LogP contribution in [-0.4, -0.2) is 52.4 Å². The second kappa shape index (κ2) is 10.4. The quantitative estimate of drug-likeness (QED) is 0.592. The average Bonchev–Trinajstić information content (AvgIpc) is 2.73. The Labute approximate surface area is 189 Å². The standard InChI is InChI=1S/C21H25F2N5O5/c1-11(2)31-21(30)33-28-6-4-13(5-7-28)32-20-12(3)19(25-10-26-20)27-17-9-15(22)14(18(24)29)8-16(17)23/h8-11,13H,4-7H2,1-3H3,(H2,24,29)(H,25,26,27). The van der Waals surface area contributed by atoms with Crippen LogP contribution in [0.2, 0.25) is 0 Å². The number of benzene rings is 1. The first-order valence-corrected chi connectivity index (χ1v) is 10.3. The van der Waals surface area contributed by atoms with Gasteiger partial charge in [-0.25, -0.2) is 23.5 Å². The number of piperidine rings is 1. The van der Waals surface area contributed by atoms with Gasteiger partial charge in [0.2, 0.25) is 5.88 Å². The fraction of sp³-hybridized carbons (Fsp3) is 0.429. The summed E-state index contributed by atoms with van der Waals surface area (Å²) in [6, 6.07) is 1.55. The Kier molecular flexibility index (Phi) is 7.59. The van der Waals surface area contributed by atoms with E-state index in [0.29, 0.717) is 31.5 Å². The van der Waals surface area contributed by atoms with Crippen LogP contribution in [0.25, 0.3) is 0 Å². The number of nitrogens with two attached hydrogens (primary N) is 1. The summed E-state index contributed by atoms with van der Waals surface area (Å²) in [7, 11) is 0. The highest BCUT2D eigenvalue weighted by Gasteiger charge is 2.25. The van der Waals surface area contributed by atoms with Crippen LogP contribution in [0, 0.1) is 18.6 Å². The first kappa shape index (κ1) is 24.1. The SMILES string of the molecule is Cc1c(Nc2cc(F)c(C(N)=O)cc2F)ncnc1OC1CCN(OC(=O)OC(C)C)CC1. The summed E-state index contributed by atoms with van der Waals surface area (Å²) in [6.45, 7) is 6.03. The summed E-state index contributed by atoms with van der Waals surface area (Å²) in [5.74, 6) is -2.40. The molecule has 0 atom stereocenters. The zero-order valence-electron chi connectivity index (χ0n) is 18.4. The van der Waals surface area contributed by atoms with Gasteiger partial charge in [-0.05, 0) is 26.8 Å². The van der Waals surface area contributed by atoms with Crippen molar-refractivity contribution in [1.82, 2.24) is 15.0 Å². The van der Waals surface area contributed by atoms with Crippen LogP contribution < -0.4 is 15.8 Å². The number of halogens is 2. The Morgan fingerprint density at radius 2 is 1.88 bits per heavy atom. The molecule has 0 unspecified atom stereocenters. The molecule has 0 bridgehead atoms. The van der Waals surface area contributed by atoms with Crippen LogP contribution >= 0.6 is 0 Å². The molecule has 33 heavy (non-hydrogen) atoms. The number of hydrogen-bond donors (Lipinski definition) is 2. The predicted octanol–water partition coefficient (Wildman–Crippen LogP) is 3.23. The molecule has 3 rings (SSSR count). The van der Waals surface area contributed by atoms with E-state index in [-0.39, 0.29) is 29.6 Å². The lowest BCUT2D eigenvalue weighted by Crippen LogP contribution is -2.40. The van der Waals surface area contributed by atoms with E-state index in [0.717, 1.165) is 12.1 Å². The molecule has 1 saturated heterocycles. The summed E-state index contributed by atoms with van der Waals surface area (Å²) in [6.07, 6.45) is 1.14. The largest absolute Gasteiger partial charge is 0.528 e. The van der Waals surface area contributed by atoms with Gasteiger partial charge in [-0.3, -0.25) is 4.79 Å². The highest BCUT2D eigenvalue weighted by Crippen LogP contribution is 2.28. The highest BCUT2D eigenvalue weighted by atomic mass is 19.1. The molecular formula is C21H25F2N5O5. The van der Waals surface area contributed by atoms with E-state index in [1.807, 2.05) is 0 Å². The summed E-state index contributed by atoms with van der Waals surface area (Å²) in [5.41, 5.74) is 4.75. The Balaban J connectivity index is 1.63. The van der Waals surface area contributed by atoms with Crippen molar-refractivity contribution in [2.75, 3.05) is 18.4 Å². The fourth-order valence-corrected chi connectivity index (χ4v) is 3.16. The zero-order valence-corrected chi connectivity index (χ0v) is 18.4. The van der Waals surface area contributed by atoms with E-state index >= 15 is 0 Å². The highest BCUT2D eigenvalue weighted by molar-refractivity contribution is 5.93. The number of ether oxygens (including phenoxy) is 2. The van der Waals surface area contributed by atoms with Crippen molar-refractivity contribution in [3.05, 3.63) is 41.2 Å². The third-order valence-corrected chi connectivity index (χ3v) is 4.83. The topological polar surface area (TPSA) is 129 Å². The van der Waals surface area contributed by atoms with Crippen LogP contribution in [0.4, 0.5) is 25.1 Å². The summed E-state index contributed by atoms with van der Waals surface area (Å²) in [4.78, 5) is 36.1. The zero-order chi connectivity index (χ0) is 24.1. The number of rotatable bonds is 7. The average molecular weight is 465 g/mol. The second-order valence-electron chi connectivity index (χ2n) is 7.71. The Morgan fingerprint density at radius 3 is 2.52 bits per heavy atom. The molecule has 1 aromatic heterocycles. The minimum Gasteiger partial charge on any atom is -0.474 e. The molecule has 2 heterocycles. The van der Waals surface area contributed by atoms with E-state index < -0.39 is 29.3 Å². The van der Waals surface area contributed by atoms with Crippen LogP contribution in [0.3, 0.4) is 0 Å². The number of anilines is 2. The molecule has 1 amide bonds. The minimum atomic E-state index is -1.07. The van der Waals surface area contributed by atoms with E-state index in [4.69, 9.17) is 20.0 Å². The Bertz CT molecular complexity index is 1030. The third kappa shape index (κ3) is 6.25. The predicted molar refractivity (Wildman–Crippen MR) is 113 cm³/mol. The number of nitrogens with one attached hydrogen (secondary N) is 1. The van der Waals surface area contributed by atoms with Crippen molar-refractivity contribution in [3.63, 3.8) is 0 Å². The van der Waals surface area contributed by atoms with Crippen LogP contribution in [-0.2, 0) is 9.57 Å². The molecule has 10 nitrogen and oxygen atoms in total. The Morgan fingerprint density at radius 1 is 1.18 bits per heavy atom. The van der Waals surface area contributed by atoms with E-state index in [2.05, 4.69) is 15.3 Å². The van der Waals surface area contributed by atoms with Gasteiger partial charge >= 0.3 is 6.16 Å². The molecule has 1 aliphatic rings. The smallest absolute Gasteiger partial charge is 0.474 e. The number of aromatic nitrogens is 2. The first-order chi connectivity index (χ1) is 15.6. The third-order valence-electron chi connectivity index (χ3n) is 4.83. The van der Waals surface area contributed by atoms with Crippen LogP contribution in [0.15, 0.2) is 18.5 Å². The molecule has 0 radical (unpaired) electrons. The molecule has 1 fully saturated rings. The molecule has 0 saturated carbocycles. The number of primary amides is 1. The van der Waals surface area contributed by atoms with Gasteiger partial charge in [-0.15, -0.1) is 5.06 Å². The van der Waals surface area contributed by atoms with E-state index in [1.54, 1.807) is 20.8 Å². The van der Waals surface area contributed by atoms with Gasteiger partial charge in [0.05, 0.1) is 22.9 Å². The number of amides is 1. The van der Waals surface area contributed by atoms with Gasteiger partial charge in [-0.1, -0.05) is 0 Å². The van der Waals surface area contributed by atoms with Crippen LogP contribution in [0.1, 0.15) is 42.6 Å². The van der Waals surface area contributed by atoms with Gasteiger partial charge in [0.1, 0.15) is 29.9 Å². The molecule has 12 heteroatoms. The van der Waals surface area contributed by atoms with Gasteiger partial charge < -0.3 is 25.4 Å². The molecule has 1 aromatic carbocycles. The summed E-state index contributed by atoms with van der Waals surface area (Å²) < 4.78 is 39.3. The normalized spacial score (nSPS) is 14.7. The van der Waals surface area contributed by atoms with Crippen LogP contribution in [0.5, 0.6) is 5.88 Å². The van der Waals surface area contributed by atoms with Gasteiger partial charge in [0.25, 0.3) is 5.91 Å². The number of carbonyl (C=O) groups excluding carboxylic acids is 2. The maximum absolute atomic E-state index is 14.3. The van der Waals surface area contributed by atoms with E-state index in [9.17, 15) is 18.4 Å². The molecule has 3 N–H and O–H groups in total.